The molecule has 1 aromatic heterocycles. The van der Waals surface area contributed by atoms with E-state index in [0.717, 1.165) is 30.1 Å². The van der Waals surface area contributed by atoms with Crippen molar-refractivity contribution in [3.63, 3.8) is 0 Å². The second-order valence-electron chi connectivity index (χ2n) is 6.43. The lowest BCUT2D eigenvalue weighted by molar-refractivity contribution is -0.203. The van der Waals surface area contributed by atoms with Gasteiger partial charge in [-0.25, -0.2) is 9.78 Å². The number of anilines is 1. The molecule has 0 bridgehead atoms. The van der Waals surface area contributed by atoms with Gasteiger partial charge in [0.1, 0.15) is 0 Å². The summed E-state index contributed by atoms with van der Waals surface area (Å²) in [5.41, 5.74) is -2.63. The minimum atomic E-state index is -5.30. The van der Waals surface area contributed by atoms with Crippen molar-refractivity contribution in [3.8, 4) is 0 Å². The van der Waals surface area contributed by atoms with Gasteiger partial charge >= 0.3 is 17.8 Å². The van der Waals surface area contributed by atoms with Crippen molar-refractivity contribution in [3.05, 3.63) is 57.6 Å². The Kier molecular flexibility index (Phi) is 6.35. The highest BCUT2D eigenvalue weighted by Crippen LogP contribution is 2.36. The van der Waals surface area contributed by atoms with Crippen molar-refractivity contribution < 1.29 is 27.5 Å². The van der Waals surface area contributed by atoms with Crippen molar-refractivity contribution in [2.75, 3.05) is 12.4 Å². The molecule has 0 radical (unpaired) electrons. The Hall–Kier alpha value is -2.56. The van der Waals surface area contributed by atoms with Crippen LogP contribution in [0.1, 0.15) is 15.9 Å². The number of hydrogen-bond acceptors (Lipinski definition) is 6. The minimum absolute atomic E-state index is 0.180. The number of thiazole rings is 1. The van der Waals surface area contributed by atoms with E-state index in [4.69, 9.17) is 23.2 Å². The first-order chi connectivity index (χ1) is 14.5. The van der Waals surface area contributed by atoms with Crippen LogP contribution >= 0.6 is 34.5 Å². The van der Waals surface area contributed by atoms with Crippen LogP contribution in [0, 0.1) is 6.92 Å². The molecule has 3 aromatic rings. The number of halogens is 5. The molecule has 164 valence electrons. The van der Waals surface area contributed by atoms with Crippen LogP contribution in [0.4, 0.5) is 18.3 Å². The first-order valence-corrected chi connectivity index (χ1v) is 10.1. The van der Waals surface area contributed by atoms with E-state index in [1.54, 1.807) is 23.5 Å². The molecule has 3 rings (SSSR count). The quantitative estimate of drug-likeness (QED) is 0.379. The Labute approximate surface area is 188 Å². The van der Waals surface area contributed by atoms with Gasteiger partial charge in [0, 0.05) is 5.02 Å². The maximum Gasteiger partial charge on any atom is 0.442 e. The number of carbonyl (C=O) groups is 2. The number of aryl methyl sites for hydroxylation is 1. The molecule has 6 nitrogen and oxygen atoms in total. The third kappa shape index (κ3) is 4.56. The summed E-state index contributed by atoms with van der Waals surface area (Å²) in [4.78, 5) is 29.1. The first-order valence-electron chi connectivity index (χ1n) is 8.55. The molecule has 1 atom stereocenters. The van der Waals surface area contributed by atoms with E-state index in [1.807, 2.05) is 12.2 Å². The van der Waals surface area contributed by atoms with Gasteiger partial charge in [-0.05, 0) is 42.8 Å². The summed E-state index contributed by atoms with van der Waals surface area (Å²) >= 11 is 12.6. The Bertz CT molecular complexity index is 1170. The number of alkyl halides is 3. The third-order valence-corrected chi connectivity index (χ3v) is 5.71. The Morgan fingerprint density at radius 1 is 1.13 bits per heavy atom. The van der Waals surface area contributed by atoms with Gasteiger partial charge in [0.2, 0.25) is 0 Å². The summed E-state index contributed by atoms with van der Waals surface area (Å²) in [6.45, 7) is 1.82. The van der Waals surface area contributed by atoms with Gasteiger partial charge in [0.15, 0.2) is 5.13 Å². The molecule has 1 heterocycles. The molecule has 2 N–H and O–H groups in total. The molecule has 0 aliphatic heterocycles. The topological polar surface area (TPSA) is 80.3 Å². The standard InChI is InChI=1S/C19H14Cl2F3N3O3S/c1-9-3-6-13-14(7-9)31-17(25-13)27-18(16(29)30-2,19(22,23)24)26-15(28)11-5-4-10(20)8-12(11)21/h3-8H,1-2H3,(H,25,27)(H,26,28)/t18-/m0/s1. The summed E-state index contributed by atoms with van der Waals surface area (Å²) in [6, 6.07) is 8.71. The first kappa shape index (κ1) is 23.1. The number of methoxy groups -OCH3 is 1. The number of aromatic nitrogens is 1. The van der Waals surface area contributed by atoms with E-state index in [2.05, 4.69) is 9.72 Å². The Morgan fingerprint density at radius 2 is 1.84 bits per heavy atom. The Morgan fingerprint density at radius 3 is 2.45 bits per heavy atom. The zero-order valence-corrected chi connectivity index (χ0v) is 18.3. The maximum atomic E-state index is 14.2. The van der Waals surface area contributed by atoms with Crippen LogP contribution in [-0.4, -0.2) is 35.8 Å². The maximum absolute atomic E-state index is 14.2. The van der Waals surface area contributed by atoms with Crippen molar-refractivity contribution in [1.82, 2.24) is 10.3 Å². The molecule has 0 unspecified atom stereocenters. The number of rotatable bonds is 5. The van der Waals surface area contributed by atoms with Crippen molar-refractivity contribution >= 4 is 61.8 Å². The molecule has 1 amide bonds. The van der Waals surface area contributed by atoms with E-state index in [1.165, 1.54) is 12.1 Å². The molecular weight excluding hydrogens is 478 g/mol. The molecule has 0 spiro atoms. The summed E-state index contributed by atoms with van der Waals surface area (Å²) in [5, 5.41) is 3.46. The largest absolute Gasteiger partial charge is 0.466 e. The lowest BCUT2D eigenvalue weighted by Gasteiger charge is -2.34. The average Bonchev–Trinajstić information content (AvgIpc) is 3.06. The SMILES string of the molecule is COC(=O)[C@](NC(=O)c1ccc(Cl)cc1Cl)(Nc1nc2ccc(C)cc2s1)C(F)(F)F. The number of benzene rings is 2. The second kappa shape index (κ2) is 8.52. The molecule has 31 heavy (non-hydrogen) atoms. The lowest BCUT2D eigenvalue weighted by Crippen LogP contribution is -2.69. The fourth-order valence-corrected chi connectivity index (χ4v) is 4.21. The predicted molar refractivity (Wildman–Crippen MR) is 113 cm³/mol. The van der Waals surface area contributed by atoms with Gasteiger partial charge in [-0.3, -0.25) is 4.79 Å². The molecule has 2 aromatic carbocycles. The van der Waals surface area contributed by atoms with Crippen LogP contribution < -0.4 is 10.6 Å². The fraction of sp³-hybridized carbons (Fsp3) is 0.211. The number of carbonyl (C=O) groups excluding carboxylic acids is 2. The van der Waals surface area contributed by atoms with Gasteiger partial charge in [0.05, 0.1) is 27.9 Å². The van der Waals surface area contributed by atoms with E-state index in [-0.39, 0.29) is 20.7 Å². The predicted octanol–water partition coefficient (Wildman–Crippen LogP) is 5.19. The molecule has 0 fully saturated rings. The minimum Gasteiger partial charge on any atom is -0.466 e. The van der Waals surface area contributed by atoms with Crippen LogP contribution in [-0.2, 0) is 9.53 Å². The van der Waals surface area contributed by atoms with Gasteiger partial charge in [-0.1, -0.05) is 40.6 Å². The lowest BCUT2D eigenvalue weighted by atomic mass is 10.1. The van der Waals surface area contributed by atoms with Crippen molar-refractivity contribution in [2.24, 2.45) is 0 Å². The molecule has 12 heteroatoms. The highest BCUT2D eigenvalue weighted by molar-refractivity contribution is 7.22. The molecule has 0 saturated heterocycles. The zero-order chi connectivity index (χ0) is 23.0. The number of esters is 1. The zero-order valence-electron chi connectivity index (χ0n) is 15.9. The Balaban J connectivity index is 2.07. The number of fused-ring (bicyclic) bond motifs is 1. The van der Waals surface area contributed by atoms with Crippen LogP contribution in [0.3, 0.4) is 0 Å². The summed E-state index contributed by atoms with van der Waals surface area (Å²) in [5.74, 6) is -3.05. The van der Waals surface area contributed by atoms with Gasteiger partial charge in [-0.2, -0.15) is 13.2 Å². The summed E-state index contributed by atoms with van der Waals surface area (Å²) < 4.78 is 47.6. The van der Waals surface area contributed by atoms with Crippen LogP contribution in [0.25, 0.3) is 10.2 Å². The third-order valence-electron chi connectivity index (χ3n) is 4.23. The molecule has 0 aliphatic carbocycles. The van der Waals surface area contributed by atoms with E-state index >= 15 is 0 Å². The highest BCUT2D eigenvalue weighted by atomic mass is 35.5. The van der Waals surface area contributed by atoms with E-state index in [0.29, 0.717) is 10.2 Å². The monoisotopic (exact) mass is 491 g/mol. The summed E-state index contributed by atoms with van der Waals surface area (Å²) in [7, 11) is 0.771. The van der Waals surface area contributed by atoms with Gasteiger partial charge in [0.25, 0.3) is 5.91 Å². The fourth-order valence-electron chi connectivity index (χ4n) is 2.70. The smallest absolute Gasteiger partial charge is 0.442 e. The molecule has 0 aliphatic rings. The number of amides is 1. The van der Waals surface area contributed by atoms with Crippen LogP contribution in [0.15, 0.2) is 36.4 Å². The van der Waals surface area contributed by atoms with E-state index in [9.17, 15) is 22.8 Å². The number of nitrogens with one attached hydrogen (secondary N) is 2. The number of nitrogens with zero attached hydrogens (tertiary/aromatic N) is 1. The van der Waals surface area contributed by atoms with Crippen LogP contribution in [0.5, 0.6) is 0 Å². The average molecular weight is 492 g/mol. The van der Waals surface area contributed by atoms with Gasteiger partial charge in [-0.15, -0.1) is 0 Å². The second-order valence-corrected chi connectivity index (χ2v) is 8.31. The molecule has 0 saturated carbocycles. The normalized spacial score (nSPS) is 13.5. The highest BCUT2D eigenvalue weighted by Gasteiger charge is 2.64. The molecular formula is C19H14Cl2F3N3O3S. The van der Waals surface area contributed by atoms with E-state index < -0.39 is 23.7 Å². The number of hydrogen-bond donors (Lipinski definition) is 2. The number of ether oxygens (including phenoxy) is 1. The van der Waals surface area contributed by atoms with Crippen molar-refractivity contribution in [2.45, 2.75) is 18.8 Å². The van der Waals surface area contributed by atoms with Crippen molar-refractivity contribution in [1.29, 1.82) is 0 Å². The van der Waals surface area contributed by atoms with Gasteiger partial charge < -0.3 is 15.4 Å². The summed E-state index contributed by atoms with van der Waals surface area (Å²) in [6.07, 6.45) is -5.30. The van der Waals surface area contributed by atoms with Crippen LogP contribution in [0.2, 0.25) is 10.0 Å².